The minimum atomic E-state index is -3.65. The molecule has 29 heavy (non-hydrogen) atoms. The Morgan fingerprint density at radius 2 is 1.69 bits per heavy atom. The van der Waals surface area contributed by atoms with Gasteiger partial charge in [-0.1, -0.05) is 11.6 Å². The highest BCUT2D eigenvalue weighted by Crippen LogP contribution is 2.37. The first kappa shape index (κ1) is 21.5. The molecule has 0 radical (unpaired) electrons. The van der Waals surface area contributed by atoms with Crippen LogP contribution in [0.15, 0.2) is 53.4 Å². The Labute approximate surface area is 174 Å². The Morgan fingerprint density at radius 1 is 1.10 bits per heavy atom. The SMILES string of the molecule is NC(=O)CC1(COc2ccc(F)cc2)CCN(S(=O)(=O)c2ccc(Cl)cc2)CC1. The van der Waals surface area contributed by atoms with E-state index in [1.54, 1.807) is 0 Å². The molecule has 156 valence electrons. The van der Waals surface area contributed by atoms with E-state index in [4.69, 9.17) is 22.1 Å². The number of hydrogen-bond donors (Lipinski definition) is 1. The Bertz CT molecular complexity index is 957. The van der Waals surface area contributed by atoms with Crippen LogP contribution in [0.25, 0.3) is 0 Å². The third-order valence-corrected chi connectivity index (χ3v) is 7.31. The minimum Gasteiger partial charge on any atom is -0.493 e. The number of primary amides is 1. The van der Waals surface area contributed by atoms with E-state index in [9.17, 15) is 17.6 Å². The smallest absolute Gasteiger partial charge is 0.243 e. The number of nitrogens with zero attached hydrogens (tertiary/aromatic N) is 1. The minimum absolute atomic E-state index is 0.0863. The molecule has 2 aromatic carbocycles. The van der Waals surface area contributed by atoms with E-state index >= 15 is 0 Å². The molecule has 0 aliphatic carbocycles. The average Bonchev–Trinajstić information content (AvgIpc) is 2.68. The molecule has 0 spiro atoms. The number of nitrogens with two attached hydrogens (primary N) is 1. The highest BCUT2D eigenvalue weighted by Gasteiger charge is 2.40. The van der Waals surface area contributed by atoms with Crippen LogP contribution in [0.3, 0.4) is 0 Å². The van der Waals surface area contributed by atoms with Gasteiger partial charge in [0.2, 0.25) is 15.9 Å². The second kappa shape index (κ2) is 8.69. The zero-order valence-electron chi connectivity index (χ0n) is 15.7. The Balaban J connectivity index is 1.71. The molecule has 0 unspecified atom stereocenters. The van der Waals surface area contributed by atoms with E-state index in [2.05, 4.69) is 0 Å². The van der Waals surface area contributed by atoms with Crippen molar-refractivity contribution in [3.63, 3.8) is 0 Å². The van der Waals surface area contributed by atoms with Gasteiger partial charge in [-0.2, -0.15) is 4.31 Å². The predicted molar refractivity (Wildman–Crippen MR) is 108 cm³/mol. The zero-order chi connectivity index (χ0) is 21.1. The number of rotatable bonds is 7. The first-order valence-electron chi connectivity index (χ1n) is 9.13. The topological polar surface area (TPSA) is 89.7 Å². The van der Waals surface area contributed by atoms with E-state index in [0.29, 0.717) is 23.6 Å². The highest BCUT2D eigenvalue weighted by molar-refractivity contribution is 7.89. The summed E-state index contributed by atoms with van der Waals surface area (Å²) in [6.07, 6.45) is 0.928. The number of benzene rings is 2. The summed E-state index contributed by atoms with van der Waals surface area (Å²) in [6.45, 7) is 0.673. The second-order valence-electron chi connectivity index (χ2n) is 7.24. The number of piperidine rings is 1. The van der Waals surface area contributed by atoms with Crippen LogP contribution in [-0.2, 0) is 14.8 Å². The largest absolute Gasteiger partial charge is 0.493 e. The second-order valence-corrected chi connectivity index (χ2v) is 9.62. The highest BCUT2D eigenvalue weighted by atomic mass is 35.5. The van der Waals surface area contributed by atoms with E-state index < -0.39 is 21.3 Å². The molecule has 1 aliphatic heterocycles. The number of hydrogen-bond acceptors (Lipinski definition) is 4. The maximum absolute atomic E-state index is 13.1. The molecule has 1 saturated heterocycles. The fourth-order valence-electron chi connectivity index (χ4n) is 3.47. The van der Waals surface area contributed by atoms with Crippen LogP contribution < -0.4 is 10.5 Å². The van der Waals surface area contributed by atoms with Gasteiger partial charge in [0.15, 0.2) is 0 Å². The van der Waals surface area contributed by atoms with Crippen molar-refractivity contribution >= 4 is 27.5 Å². The van der Waals surface area contributed by atoms with Crippen molar-refractivity contribution in [2.75, 3.05) is 19.7 Å². The van der Waals surface area contributed by atoms with Crippen molar-refractivity contribution in [3.8, 4) is 5.75 Å². The Hall–Kier alpha value is -2.16. The summed E-state index contributed by atoms with van der Waals surface area (Å²) in [6, 6.07) is 11.6. The number of halogens is 2. The summed E-state index contributed by atoms with van der Waals surface area (Å²) in [5, 5.41) is 0.459. The zero-order valence-corrected chi connectivity index (χ0v) is 17.3. The maximum atomic E-state index is 13.1. The number of carbonyl (C=O) groups excluding carboxylic acids is 1. The number of amides is 1. The molecule has 6 nitrogen and oxygen atoms in total. The summed E-state index contributed by atoms with van der Waals surface area (Å²) in [7, 11) is -3.65. The van der Waals surface area contributed by atoms with Gasteiger partial charge >= 0.3 is 0 Å². The fraction of sp³-hybridized carbons (Fsp3) is 0.350. The van der Waals surface area contributed by atoms with Crippen molar-refractivity contribution in [3.05, 3.63) is 59.4 Å². The first-order valence-corrected chi connectivity index (χ1v) is 10.9. The molecular formula is C20H22ClFN2O4S. The predicted octanol–water partition coefficient (Wildman–Crippen LogP) is 3.20. The summed E-state index contributed by atoms with van der Waals surface area (Å²) < 4.78 is 46.0. The van der Waals surface area contributed by atoms with Gasteiger partial charge < -0.3 is 10.5 Å². The van der Waals surface area contributed by atoms with Crippen LogP contribution in [0, 0.1) is 11.2 Å². The van der Waals surface area contributed by atoms with E-state index in [1.807, 2.05) is 0 Å². The molecule has 0 atom stereocenters. The van der Waals surface area contributed by atoms with Crippen LogP contribution in [0.4, 0.5) is 4.39 Å². The van der Waals surface area contributed by atoms with Crippen LogP contribution >= 0.6 is 11.6 Å². The van der Waals surface area contributed by atoms with Crippen LogP contribution in [-0.4, -0.2) is 38.3 Å². The standard InChI is InChI=1S/C20H22ClFN2O4S/c21-15-1-7-18(8-2-15)29(26,27)24-11-9-20(10-12-24,13-19(23)25)14-28-17-5-3-16(22)4-6-17/h1-8H,9-14H2,(H2,23,25). The molecule has 0 saturated carbocycles. The van der Waals surface area contributed by atoms with Gasteiger partial charge in [0.25, 0.3) is 0 Å². The van der Waals surface area contributed by atoms with E-state index in [0.717, 1.165) is 0 Å². The number of sulfonamides is 1. The fourth-order valence-corrected chi connectivity index (χ4v) is 5.03. The molecule has 1 heterocycles. The molecule has 2 aromatic rings. The molecule has 1 fully saturated rings. The van der Waals surface area contributed by atoms with Crippen molar-refractivity contribution in [1.82, 2.24) is 4.31 Å². The third kappa shape index (κ3) is 5.26. The van der Waals surface area contributed by atoms with Gasteiger partial charge in [0.05, 0.1) is 11.5 Å². The number of carbonyl (C=O) groups is 1. The van der Waals surface area contributed by atoms with E-state index in [1.165, 1.54) is 52.8 Å². The quantitative estimate of drug-likeness (QED) is 0.715. The monoisotopic (exact) mass is 440 g/mol. The first-order chi connectivity index (χ1) is 13.7. The number of ether oxygens (including phenoxy) is 1. The Kier molecular flexibility index (Phi) is 6.45. The average molecular weight is 441 g/mol. The Morgan fingerprint density at radius 3 is 2.24 bits per heavy atom. The van der Waals surface area contributed by atoms with Crippen molar-refractivity contribution in [1.29, 1.82) is 0 Å². The lowest BCUT2D eigenvalue weighted by molar-refractivity contribution is -0.121. The summed E-state index contributed by atoms with van der Waals surface area (Å²) in [4.78, 5) is 11.8. The molecule has 0 bridgehead atoms. The van der Waals surface area contributed by atoms with Gasteiger partial charge in [0, 0.05) is 29.9 Å². The van der Waals surface area contributed by atoms with E-state index in [-0.39, 0.29) is 36.8 Å². The van der Waals surface area contributed by atoms with Gasteiger partial charge in [-0.25, -0.2) is 12.8 Å². The van der Waals surface area contributed by atoms with Gasteiger partial charge in [-0.15, -0.1) is 0 Å². The molecular weight excluding hydrogens is 419 g/mol. The molecule has 9 heteroatoms. The third-order valence-electron chi connectivity index (χ3n) is 5.14. The molecule has 3 rings (SSSR count). The van der Waals surface area contributed by atoms with Crippen LogP contribution in [0.2, 0.25) is 5.02 Å². The van der Waals surface area contributed by atoms with Crippen LogP contribution in [0.1, 0.15) is 19.3 Å². The van der Waals surface area contributed by atoms with Crippen LogP contribution in [0.5, 0.6) is 5.75 Å². The van der Waals surface area contributed by atoms with Gasteiger partial charge in [-0.05, 0) is 61.4 Å². The van der Waals surface area contributed by atoms with Crippen molar-refractivity contribution in [2.45, 2.75) is 24.2 Å². The van der Waals surface area contributed by atoms with Crippen molar-refractivity contribution < 1.29 is 22.3 Å². The molecule has 0 aromatic heterocycles. The molecule has 1 aliphatic rings. The molecule has 2 N–H and O–H groups in total. The van der Waals surface area contributed by atoms with Gasteiger partial charge in [-0.3, -0.25) is 4.79 Å². The summed E-state index contributed by atoms with van der Waals surface area (Å²) in [5.74, 6) is -0.363. The lowest BCUT2D eigenvalue weighted by Gasteiger charge is -2.40. The molecule has 1 amide bonds. The van der Waals surface area contributed by atoms with Gasteiger partial charge in [0.1, 0.15) is 11.6 Å². The normalized spacial score (nSPS) is 17.0. The summed E-state index contributed by atoms with van der Waals surface area (Å²) >= 11 is 5.84. The lowest BCUT2D eigenvalue weighted by atomic mass is 9.76. The summed E-state index contributed by atoms with van der Waals surface area (Å²) in [5.41, 5.74) is 4.86. The maximum Gasteiger partial charge on any atom is 0.243 e. The van der Waals surface area contributed by atoms with Crippen molar-refractivity contribution in [2.24, 2.45) is 11.1 Å². The lowest BCUT2D eigenvalue weighted by Crippen LogP contribution is -2.47.